The first kappa shape index (κ1) is 12.2. The summed E-state index contributed by atoms with van der Waals surface area (Å²) < 4.78 is 39.9. The number of rotatable bonds is 3. The third-order valence-electron chi connectivity index (χ3n) is 1.53. The molecule has 0 fully saturated rings. The molecule has 1 aromatic rings. The highest BCUT2D eigenvalue weighted by molar-refractivity contribution is 5.41. The van der Waals surface area contributed by atoms with Crippen molar-refractivity contribution in [2.75, 3.05) is 6.61 Å². The lowest BCUT2D eigenvalue weighted by molar-refractivity contribution is -0.390. The summed E-state index contributed by atoms with van der Waals surface area (Å²) in [5, 5.41) is 10.4. The summed E-state index contributed by atoms with van der Waals surface area (Å²) in [7, 11) is 0. The molecule has 0 radical (unpaired) electrons. The van der Waals surface area contributed by atoms with Crippen molar-refractivity contribution in [3.8, 4) is 5.75 Å². The molecule has 0 bridgehead atoms. The predicted molar refractivity (Wildman–Crippen MR) is 47.2 cm³/mol. The summed E-state index contributed by atoms with van der Waals surface area (Å²) in [6.45, 7) is -0.0455. The Kier molecular flexibility index (Phi) is 3.31. The van der Waals surface area contributed by atoms with Gasteiger partial charge in [-0.15, -0.1) is 0 Å². The first-order valence-corrected chi connectivity index (χ1v) is 4.10. The van der Waals surface area contributed by atoms with E-state index in [-0.39, 0.29) is 0 Å². The second-order valence-electron chi connectivity index (χ2n) is 3.00. The van der Waals surface area contributed by atoms with Crippen molar-refractivity contribution in [2.24, 2.45) is 0 Å². The SMILES string of the molecule is Cc1cnc([N+](=O)[O-])c(OCC(F)(F)F)c1. The molecule has 0 aliphatic heterocycles. The van der Waals surface area contributed by atoms with Crippen LogP contribution in [0, 0.1) is 17.0 Å². The van der Waals surface area contributed by atoms with Crippen molar-refractivity contribution in [2.45, 2.75) is 13.1 Å². The summed E-state index contributed by atoms with van der Waals surface area (Å²) in [6, 6.07) is 1.14. The molecular formula is C8H7F3N2O3. The molecule has 0 aromatic carbocycles. The van der Waals surface area contributed by atoms with Gasteiger partial charge in [0.05, 0.1) is 0 Å². The molecule has 5 nitrogen and oxygen atoms in total. The zero-order valence-corrected chi connectivity index (χ0v) is 8.11. The van der Waals surface area contributed by atoms with E-state index >= 15 is 0 Å². The molecule has 0 aliphatic carbocycles. The molecule has 0 atom stereocenters. The fraction of sp³-hybridized carbons (Fsp3) is 0.375. The van der Waals surface area contributed by atoms with Crippen LogP contribution in [0.25, 0.3) is 0 Å². The second kappa shape index (κ2) is 4.33. The van der Waals surface area contributed by atoms with E-state index in [0.29, 0.717) is 5.56 Å². The maximum absolute atomic E-state index is 11.9. The minimum absolute atomic E-state index is 0.475. The smallest absolute Gasteiger partial charge is 0.422 e. The highest BCUT2D eigenvalue weighted by atomic mass is 19.4. The predicted octanol–water partition coefficient (Wildman–Crippen LogP) is 2.24. The van der Waals surface area contributed by atoms with E-state index in [1.54, 1.807) is 0 Å². The van der Waals surface area contributed by atoms with Crippen LogP contribution >= 0.6 is 0 Å². The fourth-order valence-corrected chi connectivity index (χ4v) is 0.938. The molecule has 16 heavy (non-hydrogen) atoms. The van der Waals surface area contributed by atoms with Crippen molar-refractivity contribution in [1.82, 2.24) is 4.98 Å². The topological polar surface area (TPSA) is 65.3 Å². The number of aryl methyl sites for hydroxylation is 1. The number of pyridine rings is 1. The van der Waals surface area contributed by atoms with Crippen LogP contribution in [-0.4, -0.2) is 22.7 Å². The molecule has 0 amide bonds. The van der Waals surface area contributed by atoms with E-state index in [0.717, 1.165) is 6.07 Å². The van der Waals surface area contributed by atoms with Gasteiger partial charge in [-0.05, 0) is 28.5 Å². The van der Waals surface area contributed by atoms with E-state index in [1.807, 2.05) is 0 Å². The largest absolute Gasteiger partial charge is 0.476 e. The highest BCUT2D eigenvalue weighted by Crippen LogP contribution is 2.26. The van der Waals surface area contributed by atoms with Crippen molar-refractivity contribution in [3.63, 3.8) is 0 Å². The zero-order chi connectivity index (χ0) is 12.3. The van der Waals surface area contributed by atoms with Gasteiger partial charge in [0.25, 0.3) is 0 Å². The summed E-state index contributed by atoms with van der Waals surface area (Å²) in [5.74, 6) is -1.21. The Labute approximate surface area is 88.0 Å². The van der Waals surface area contributed by atoms with Gasteiger partial charge >= 0.3 is 12.0 Å². The van der Waals surface area contributed by atoms with Gasteiger partial charge in [-0.3, -0.25) is 0 Å². The van der Waals surface area contributed by atoms with Crippen LogP contribution in [-0.2, 0) is 0 Å². The lowest BCUT2D eigenvalue weighted by Gasteiger charge is -2.08. The normalized spacial score (nSPS) is 11.2. The third kappa shape index (κ3) is 3.37. The quantitative estimate of drug-likeness (QED) is 0.596. The Hall–Kier alpha value is -1.86. The van der Waals surface area contributed by atoms with E-state index in [1.165, 1.54) is 13.1 Å². The molecule has 0 spiro atoms. The summed E-state index contributed by atoms with van der Waals surface area (Å²) >= 11 is 0. The third-order valence-corrected chi connectivity index (χ3v) is 1.53. The lowest BCUT2D eigenvalue weighted by atomic mass is 10.3. The molecule has 1 rings (SSSR count). The molecule has 0 saturated heterocycles. The molecule has 0 aliphatic rings. The molecule has 0 N–H and O–H groups in total. The van der Waals surface area contributed by atoms with Gasteiger partial charge in [0, 0.05) is 0 Å². The highest BCUT2D eigenvalue weighted by Gasteiger charge is 2.30. The average Bonchev–Trinajstić information content (AvgIpc) is 2.13. The Morgan fingerprint density at radius 2 is 2.19 bits per heavy atom. The Balaban J connectivity index is 2.93. The molecule has 8 heteroatoms. The average molecular weight is 236 g/mol. The van der Waals surface area contributed by atoms with Gasteiger partial charge in [0.2, 0.25) is 5.75 Å². The van der Waals surface area contributed by atoms with E-state index in [2.05, 4.69) is 9.72 Å². The van der Waals surface area contributed by atoms with Crippen molar-refractivity contribution in [3.05, 3.63) is 27.9 Å². The number of aromatic nitrogens is 1. The van der Waals surface area contributed by atoms with Crippen LogP contribution in [0.5, 0.6) is 5.75 Å². The summed E-state index contributed by atoms with van der Waals surface area (Å²) in [4.78, 5) is 12.9. The number of nitrogens with zero attached hydrogens (tertiary/aromatic N) is 2. The summed E-state index contributed by atoms with van der Waals surface area (Å²) in [5.41, 5.74) is 0.475. The Morgan fingerprint density at radius 1 is 1.56 bits per heavy atom. The van der Waals surface area contributed by atoms with Crippen LogP contribution in [0.15, 0.2) is 12.3 Å². The van der Waals surface area contributed by atoms with Crippen LogP contribution < -0.4 is 4.74 Å². The Morgan fingerprint density at radius 3 is 2.69 bits per heavy atom. The molecule has 0 saturated carbocycles. The number of hydrogen-bond donors (Lipinski definition) is 0. The molecule has 1 aromatic heterocycles. The number of ether oxygens (including phenoxy) is 1. The maximum atomic E-state index is 11.9. The van der Waals surface area contributed by atoms with Crippen LogP contribution in [0.1, 0.15) is 5.56 Å². The van der Waals surface area contributed by atoms with Crippen LogP contribution in [0.3, 0.4) is 0 Å². The van der Waals surface area contributed by atoms with Crippen LogP contribution in [0.2, 0.25) is 0 Å². The van der Waals surface area contributed by atoms with Crippen molar-refractivity contribution < 1.29 is 22.8 Å². The number of nitro groups is 1. The maximum Gasteiger partial charge on any atom is 0.422 e. The number of halogens is 3. The van der Waals surface area contributed by atoms with E-state index in [9.17, 15) is 23.3 Å². The second-order valence-corrected chi connectivity index (χ2v) is 3.00. The zero-order valence-electron chi connectivity index (χ0n) is 8.11. The standard InChI is InChI=1S/C8H7F3N2O3/c1-5-2-6(16-4-8(9,10)11)7(12-3-5)13(14)15/h2-3H,4H2,1H3. The minimum atomic E-state index is -4.54. The number of hydrogen-bond acceptors (Lipinski definition) is 4. The summed E-state index contributed by atoms with van der Waals surface area (Å²) in [6.07, 6.45) is -3.36. The van der Waals surface area contributed by atoms with Gasteiger partial charge in [-0.2, -0.15) is 13.2 Å². The molecule has 0 unspecified atom stereocenters. The lowest BCUT2D eigenvalue weighted by Crippen LogP contribution is -2.19. The number of alkyl halides is 3. The molecule has 1 heterocycles. The van der Waals surface area contributed by atoms with Gasteiger partial charge in [-0.25, -0.2) is 0 Å². The van der Waals surface area contributed by atoms with Crippen molar-refractivity contribution in [1.29, 1.82) is 0 Å². The van der Waals surface area contributed by atoms with E-state index in [4.69, 9.17) is 0 Å². The van der Waals surface area contributed by atoms with Gasteiger partial charge < -0.3 is 14.9 Å². The van der Waals surface area contributed by atoms with Gasteiger partial charge in [-0.1, -0.05) is 0 Å². The monoisotopic (exact) mass is 236 g/mol. The van der Waals surface area contributed by atoms with Crippen molar-refractivity contribution >= 4 is 5.82 Å². The van der Waals surface area contributed by atoms with Gasteiger partial charge in [0.15, 0.2) is 6.61 Å². The molecule has 88 valence electrons. The minimum Gasteiger partial charge on any atom is -0.476 e. The Bertz CT molecular complexity index is 406. The van der Waals surface area contributed by atoms with Crippen LogP contribution in [0.4, 0.5) is 19.0 Å². The van der Waals surface area contributed by atoms with E-state index < -0.39 is 29.3 Å². The van der Waals surface area contributed by atoms with Gasteiger partial charge in [0.1, 0.15) is 6.20 Å². The molecular weight excluding hydrogens is 229 g/mol. The first-order chi connectivity index (χ1) is 7.29. The fourth-order valence-electron chi connectivity index (χ4n) is 0.938. The first-order valence-electron chi connectivity index (χ1n) is 4.10.